The highest BCUT2D eigenvalue weighted by Crippen LogP contribution is 2.38. The van der Waals surface area contributed by atoms with Gasteiger partial charge in [0.05, 0.1) is 27.1 Å². The first-order valence-electron chi connectivity index (χ1n) is 5.83. The zero-order valence-electron chi connectivity index (χ0n) is 10.5. The summed E-state index contributed by atoms with van der Waals surface area (Å²) in [5.74, 6) is -0.109. The van der Waals surface area contributed by atoms with Crippen LogP contribution < -0.4 is 0 Å². The highest BCUT2D eigenvalue weighted by Gasteiger charge is 2.08. The molecule has 2 aromatic rings. The molecule has 1 unspecified atom stereocenters. The van der Waals surface area contributed by atoms with Crippen LogP contribution in [-0.2, 0) is 0 Å². The predicted molar refractivity (Wildman–Crippen MR) is 86.1 cm³/mol. The summed E-state index contributed by atoms with van der Waals surface area (Å²) in [6.45, 7) is 1.87. The van der Waals surface area contributed by atoms with Gasteiger partial charge in [-0.3, -0.25) is 0 Å². The molecule has 0 aliphatic carbocycles. The second-order valence-corrected chi connectivity index (χ2v) is 6.56. The zero-order chi connectivity index (χ0) is 14.7. The summed E-state index contributed by atoms with van der Waals surface area (Å²) in [5, 5.41) is 10.4. The third kappa shape index (κ3) is 3.62. The fraction of sp³-hybridized carbons (Fsp3) is 0.133. The normalized spacial score (nSPS) is 11.9. The average molecular weight is 343 g/mol. The number of hydrogen-bond donors (Lipinski definition) is 0. The summed E-state index contributed by atoms with van der Waals surface area (Å²) in [4.78, 5) is 1.88. The summed E-state index contributed by atoms with van der Waals surface area (Å²) in [7, 11) is 0. The number of hydrogen-bond acceptors (Lipinski definition) is 2. The number of benzene rings is 2. The Labute approximate surface area is 137 Å². The molecule has 102 valence electrons. The minimum Gasteiger partial charge on any atom is -0.198 e. The molecular weight excluding hydrogens is 333 g/mol. The van der Waals surface area contributed by atoms with E-state index in [-0.39, 0.29) is 5.92 Å². The Bertz CT molecular complexity index is 662. The molecule has 0 saturated heterocycles. The third-order valence-corrected chi connectivity index (χ3v) is 4.99. The van der Waals surface area contributed by atoms with Crippen LogP contribution in [0.25, 0.3) is 0 Å². The van der Waals surface area contributed by atoms with E-state index >= 15 is 0 Å². The largest absolute Gasteiger partial charge is 0.198 e. The number of halogens is 3. The molecule has 0 aliphatic heterocycles. The van der Waals surface area contributed by atoms with E-state index in [0.29, 0.717) is 15.1 Å². The van der Waals surface area contributed by atoms with Gasteiger partial charge in [-0.15, -0.1) is 0 Å². The quantitative estimate of drug-likeness (QED) is 0.600. The standard InChI is InChI=1S/C15H10Cl3NS/c1-9(8-19)10-2-4-11(5-3-10)20-15-7-13(17)12(16)6-14(15)18/h2-7,9H,1H3. The smallest absolute Gasteiger partial charge is 0.0700 e. The molecular formula is C15H10Cl3NS. The molecule has 0 saturated carbocycles. The summed E-state index contributed by atoms with van der Waals surface area (Å²) < 4.78 is 0. The minimum absolute atomic E-state index is 0.109. The molecule has 2 rings (SSSR count). The highest BCUT2D eigenvalue weighted by molar-refractivity contribution is 7.99. The van der Waals surface area contributed by atoms with Gasteiger partial charge in [0.25, 0.3) is 0 Å². The monoisotopic (exact) mass is 341 g/mol. The van der Waals surface area contributed by atoms with Gasteiger partial charge in [-0.2, -0.15) is 5.26 Å². The van der Waals surface area contributed by atoms with Gasteiger partial charge in [0.15, 0.2) is 0 Å². The van der Waals surface area contributed by atoms with Gasteiger partial charge in [0.2, 0.25) is 0 Å². The topological polar surface area (TPSA) is 23.8 Å². The Morgan fingerprint density at radius 3 is 2.20 bits per heavy atom. The van der Waals surface area contributed by atoms with Gasteiger partial charge in [-0.1, -0.05) is 58.7 Å². The van der Waals surface area contributed by atoms with Crippen LogP contribution in [0.2, 0.25) is 15.1 Å². The Kier molecular flexibility index (Phi) is 5.23. The number of rotatable bonds is 3. The second kappa shape index (κ2) is 6.74. The van der Waals surface area contributed by atoms with E-state index in [4.69, 9.17) is 40.1 Å². The van der Waals surface area contributed by atoms with Crippen LogP contribution >= 0.6 is 46.6 Å². The van der Waals surface area contributed by atoms with Crippen molar-refractivity contribution in [2.75, 3.05) is 0 Å². The van der Waals surface area contributed by atoms with Crippen LogP contribution in [-0.4, -0.2) is 0 Å². The zero-order valence-corrected chi connectivity index (χ0v) is 13.6. The average Bonchev–Trinajstić information content (AvgIpc) is 2.44. The van der Waals surface area contributed by atoms with Gasteiger partial charge in [0, 0.05) is 9.79 Å². The van der Waals surface area contributed by atoms with Crippen LogP contribution in [0.1, 0.15) is 18.4 Å². The molecule has 0 bridgehead atoms. The van der Waals surface area contributed by atoms with Gasteiger partial charge in [0.1, 0.15) is 0 Å². The molecule has 0 N–H and O–H groups in total. The lowest BCUT2D eigenvalue weighted by Crippen LogP contribution is -1.88. The Morgan fingerprint density at radius 1 is 1.00 bits per heavy atom. The summed E-state index contributed by atoms with van der Waals surface area (Å²) in [6, 6.07) is 13.4. The highest BCUT2D eigenvalue weighted by atomic mass is 35.5. The maximum Gasteiger partial charge on any atom is 0.0700 e. The van der Waals surface area contributed by atoms with Gasteiger partial charge in [-0.05, 0) is 36.8 Å². The van der Waals surface area contributed by atoms with Crippen molar-refractivity contribution < 1.29 is 0 Å². The molecule has 5 heteroatoms. The predicted octanol–water partition coefficient (Wildman–Crippen LogP) is 6.43. The van der Waals surface area contributed by atoms with E-state index in [0.717, 1.165) is 15.4 Å². The molecule has 2 aromatic carbocycles. The van der Waals surface area contributed by atoms with E-state index in [1.807, 2.05) is 31.2 Å². The van der Waals surface area contributed by atoms with Crippen molar-refractivity contribution in [3.05, 3.63) is 57.0 Å². The van der Waals surface area contributed by atoms with Crippen LogP contribution in [0, 0.1) is 11.3 Å². The van der Waals surface area contributed by atoms with Crippen LogP contribution in [0.4, 0.5) is 0 Å². The van der Waals surface area contributed by atoms with Crippen molar-refractivity contribution in [1.29, 1.82) is 5.26 Å². The molecule has 20 heavy (non-hydrogen) atoms. The van der Waals surface area contributed by atoms with Crippen LogP contribution in [0.15, 0.2) is 46.2 Å². The third-order valence-electron chi connectivity index (χ3n) is 2.78. The summed E-state index contributed by atoms with van der Waals surface area (Å²) in [6.07, 6.45) is 0. The van der Waals surface area contributed by atoms with Crippen molar-refractivity contribution >= 4 is 46.6 Å². The van der Waals surface area contributed by atoms with Crippen LogP contribution in [0.5, 0.6) is 0 Å². The molecule has 0 fully saturated rings. The maximum absolute atomic E-state index is 8.89. The van der Waals surface area contributed by atoms with E-state index < -0.39 is 0 Å². The first-order chi connectivity index (χ1) is 9.51. The van der Waals surface area contributed by atoms with Crippen molar-refractivity contribution in [2.45, 2.75) is 22.6 Å². The Balaban J connectivity index is 2.23. The van der Waals surface area contributed by atoms with Gasteiger partial charge < -0.3 is 0 Å². The SMILES string of the molecule is CC(C#N)c1ccc(Sc2cc(Cl)c(Cl)cc2Cl)cc1. The van der Waals surface area contributed by atoms with Crippen molar-refractivity contribution in [1.82, 2.24) is 0 Å². The first-order valence-corrected chi connectivity index (χ1v) is 7.78. The lowest BCUT2D eigenvalue weighted by molar-refractivity contribution is 0.978. The van der Waals surface area contributed by atoms with E-state index in [2.05, 4.69) is 6.07 Å². The fourth-order valence-corrected chi connectivity index (χ4v) is 3.20. The van der Waals surface area contributed by atoms with E-state index in [1.165, 1.54) is 11.8 Å². The van der Waals surface area contributed by atoms with E-state index in [1.54, 1.807) is 12.1 Å². The Morgan fingerprint density at radius 2 is 1.60 bits per heavy atom. The maximum atomic E-state index is 8.89. The van der Waals surface area contributed by atoms with Crippen LogP contribution in [0.3, 0.4) is 0 Å². The van der Waals surface area contributed by atoms with E-state index in [9.17, 15) is 0 Å². The fourth-order valence-electron chi connectivity index (χ4n) is 1.61. The molecule has 0 spiro atoms. The minimum atomic E-state index is -0.109. The lowest BCUT2D eigenvalue weighted by Gasteiger charge is -2.08. The van der Waals surface area contributed by atoms with Crippen molar-refractivity contribution in [3.63, 3.8) is 0 Å². The molecule has 1 atom stereocenters. The second-order valence-electron chi connectivity index (χ2n) is 4.22. The number of nitriles is 1. The molecule has 0 amide bonds. The molecule has 0 heterocycles. The number of nitrogens with zero attached hydrogens (tertiary/aromatic N) is 1. The van der Waals surface area contributed by atoms with Crippen molar-refractivity contribution in [3.8, 4) is 6.07 Å². The summed E-state index contributed by atoms with van der Waals surface area (Å²) >= 11 is 19.6. The van der Waals surface area contributed by atoms with Crippen molar-refractivity contribution in [2.24, 2.45) is 0 Å². The molecule has 1 nitrogen and oxygen atoms in total. The molecule has 0 aliphatic rings. The Hall–Kier alpha value is -0.850. The van der Waals surface area contributed by atoms with Gasteiger partial charge >= 0.3 is 0 Å². The first kappa shape index (κ1) is 15.5. The lowest BCUT2D eigenvalue weighted by atomic mass is 10.0. The molecule has 0 radical (unpaired) electrons. The van der Waals surface area contributed by atoms with Gasteiger partial charge in [-0.25, -0.2) is 0 Å². The molecule has 0 aromatic heterocycles. The summed E-state index contributed by atoms with van der Waals surface area (Å²) in [5.41, 5.74) is 0.997.